The molecule has 0 heterocycles. The van der Waals surface area contributed by atoms with E-state index in [0.717, 1.165) is 10.6 Å². The van der Waals surface area contributed by atoms with E-state index in [2.05, 4.69) is 5.32 Å². The molecule has 2 rings (SSSR count). The molecule has 0 saturated heterocycles. The van der Waals surface area contributed by atoms with Crippen LogP contribution in [-0.2, 0) is 26.2 Å². The van der Waals surface area contributed by atoms with Crippen LogP contribution in [0.15, 0.2) is 36.4 Å². The lowest BCUT2D eigenvalue weighted by Gasteiger charge is -2.33. The van der Waals surface area contributed by atoms with Gasteiger partial charge in [-0.1, -0.05) is 53.9 Å². The van der Waals surface area contributed by atoms with Gasteiger partial charge in [0.25, 0.3) is 0 Å². The highest BCUT2D eigenvalue weighted by Gasteiger charge is 2.32. The summed E-state index contributed by atoms with van der Waals surface area (Å²) in [5.74, 6) is -1.50. The monoisotopic (exact) mass is 565 g/mol. The number of hydrogen-bond donors (Lipinski definition) is 1. The minimum absolute atomic E-state index is 0.0210. The van der Waals surface area contributed by atoms with Crippen molar-refractivity contribution in [1.29, 1.82) is 0 Å². The second-order valence-corrected chi connectivity index (χ2v) is 11.4. The Labute approximate surface area is 220 Å². The van der Waals surface area contributed by atoms with Gasteiger partial charge in [0.2, 0.25) is 21.8 Å². The molecule has 0 bridgehead atoms. The second kappa shape index (κ2) is 12.3. The van der Waals surface area contributed by atoms with Crippen LogP contribution in [0.25, 0.3) is 0 Å². The van der Waals surface area contributed by atoms with Crippen LogP contribution in [-0.4, -0.2) is 50.0 Å². The van der Waals surface area contributed by atoms with E-state index in [1.807, 2.05) is 0 Å². The molecule has 35 heavy (non-hydrogen) atoms. The number of nitrogens with zero attached hydrogens (tertiary/aromatic N) is 2. The molecule has 12 heteroatoms. The summed E-state index contributed by atoms with van der Waals surface area (Å²) in [5, 5.41) is 2.94. The first kappa shape index (κ1) is 29.2. The number of halogens is 4. The fourth-order valence-electron chi connectivity index (χ4n) is 3.38. The Morgan fingerprint density at radius 1 is 1.03 bits per heavy atom. The third-order valence-electron chi connectivity index (χ3n) is 5.02. The lowest BCUT2D eigenvalue weighted by molar-refractivity contribution is -0.140. The van der Waals surface area contributed by atoms with Crippen LogP contribution < -0.4 is 9.62 Å². The molecule has 1 atom stereocenters. The second-order valence-electron chi connectivity index (χ2n) is 8.22. The SMILES string of the molecule is CC[C@H](C(=O)NC(C)C)N(Cc1ccc(F)cc1)C(=O)CN(c1cc(Cl)c(Cl)cc1Cl)S(C)(=O)=O. The van der Waals surface area contributed by atoms with Crippen LogP contribution in [0.1, 0.15) is 32.8 Å². The minimum atomic E-state index is -4.00. The molecular weight excluding hydrogens is 540 g/mol. The van der Waals surface area contributed by atoms with E-state index in [1.54, 1.807) is 20.8 Å². The van der Waals surface area contributed by atoms with E-state index >= 15 is 0 Å². The van der Waals surface area contributed by atoms with Gasteiger partial charge in [-0.2, -0.15) is 0 Å². The number of rotatable bonds is 10. The highest BCUT2D eigenvalue weighted by atomic mass is 35.5. The average Bonchev–Trinajstić information content (AvgIpc) is 2.74. The standard InChI is InChI=1S/C23H27Cl3FN3O4S/c1-5-20(23(32)28-14(2)3)29(12-15-6-8-16(27)9-7-15)22(31)13-30(35(4,33)34)21-11-18(25)17(24)10-19(21)26/h6-11,14,20H,5,12-13H2,1-4H3,(H,28,32)/t20-/m1/s1. The van der Waals surface area contributed by atoms with Gasteiger partial charge < -0.3 is 10.2 Å². The molecule has 0 aliphatic rings. The van der Waals surface area contributed by atoms with Crippen LogP contribution in [0.4, 0.5) is 10.1 Å². The first-order valence-corrected chi connectivity index (χ1v) is 13.7. The highest BCUT2D eigenvalue weighted by Crippen LogP contribution is 2.35. The molecule has 0 saturated carbocycles. The molecule has 0 aliphatic carbocycles. The van der Waals surface area contributed by atoms with Crippen molar-refractivity contribution < 1.29 is 22.4 Å². The van der Waals surface area contributed by atoms with Crippen LogP contribution >= 0.6 is 34.8 Å². The molecule has 2 aromatic carbocycles. The molecule has 2 amide bonds. The van der Waals surface area contributed by atoms with Gasteiger partial charge in [0, 0.05) is 12.6 Å². The molecule has 2 aromatic rings. The lowest BCUT2D eigenvalue weighted by Crippen LogP contribution is -2.53. The molecule has 0 fully saturated rings. The van der Waals surface area contributed by atoms with Gasteiger partial charge in [0.05, 0.1) is 27.0 Å². The third kappa shape index (κ3) is 7.96. The molecule has 7 nitrogen and oxygen atoms in total. The number of hydrogen-bond acceptors (Lipinski definition) is 4. The van der Waals surface area contributed by atoms with Crippen LogP contribution in [0.5, 0.6) is 0 Å². The van der Waals surface area contributed by atoms with E-state index in [1.165, 1.54) is 41.3 Å². The van der Waals surface area contributed by atoms with Crippen molar-refractivity contribution in [3.63, 3.8) is 0 Å². The number of anilines is 1. The van der Waals surface area contributed by atoms with E-state index in [-0.39, 0.29) is 39.8 Å². The maximum absolute atomic E-state index is 13.6. The number of sulfonamides is 1. The van der Waals surface area contributed by atoms with E-state index in [4.69, 9.17) is 34.8 Å². The smallest absolute Gasteiger partial charge is 0.244 e. The van der Waals surface area contributed by atoms with Gasteiger partial charge in [-0.05, 0) is 50.1 Å². The summed E-state index contributed by atoms with van der Waals surface area (Å²) >= 11 is 18.3. The fourth-order valence-corrected chi connectivity index (χ4v) is 4.93. The number of carbonyl (C=O) groups is 2. The molecule has 0 spiro atoms. The largest absolute Gasteiger partial charge is 0.352 e. The van der Waals surface area contributed by atoms with Gasteiger partial charge in [-0.25, -0.2) is 12.8 Å². The van der Waals surface area contributed by atoms with Crippen molar-refractivity contribution in [3.8, 4) is 0 Å². The van der Waals surface area contributed by atoms with Crippen molar-refractivity contribution in [1.82, 2.24) is 10.2 Å². The molecule has 192 valence electrons. The molecule has 1 N–H and O–H groups in total. The zero-order chi connectivity index (χ0) is 26.5. The van der Waals surface area contributed by atoms with Crippen molar-refractivity contribution >= 4 is 62.3 Å². The number of nitrogens with one attached hydrogen (secondary N) is 1. The molecule has 0 radical (unpaired) electrons. The topological polar surface area (TPSA) is 86.8 Å². The van der Waals surface area contributed by atoms with E-state index in [0.29, 0.717) is 5.56 Å². The quantitative estimate of drug-likeness (QED) is 0.415. The lowest BCUT2D eigenvalue weighted by atomic mass is 10.1. The first-order chi connectivity index (χ1) is 16.2. The molecule has 0 aliphatic heterocycles. The maximum atomic E-state index is 13.6. The summed E-state index contributed by atoms with van der Waals surface area (Å²) in [6.07, 6.45) is 1.18. The number of carbonyl (C=O) groups excluding carboxylic acids is 2. The van der Waals surface area contributed by atoms with Crippen molar-refractivity contribution in [2.75, 3.05) is 17.1 Å². The Hall–Kier alpha value is -2.07. The number of benzene rings is 2. The zero-order valence-electron chi connectivity index (χ0n) is 19.7. The molecule has 0 aromatic heterocycles. The van der Waals surface area contributed by atoms with Gasteiger partial charge in [0.15, 0.2) is 0 Å². The Balaban J connectivity index is 2.50. The van der Waals surface area contributed by atoms with Crippen molar-refractivity contribution in [2.24, 2.45) is 0 Å². The predicted octanol–water partition coefficient (Wildman–Crippen LogP) is 4.88. The summed E-state index contributed by atoms with van der Waals surface area (Å²) in [6, 6.07) is 6.93. The van der Waals surface area contributed by atoms with Crippen molar-refractivity contribution in [3.05, 3.63) is 62.8 Å². The Morgan fingerprint density at radius 3 is 2.11 bits per heavy atom. The Morgan fingerprint density at radius 2 is 1.60 bits per heavy atom. The van der Waals surface area contributed by atoms with Gasteiger partial charge in [-0.3, -0.25) is 13.9 Å². The van der Waals surface area contributed by atoms with Gasteiger partial charge in [-0.15, -0.1) is 0 Å². The maximum Gasteiger partial charge on any atom is 0.244 e. The number of amides is 2. The van der Waals surface area contributed by atoms with Crippen LogP contribution in [0, 0.1) is 5.82 Å². The van der Waals surface area contributed by atoms with Gasteiger partial charge in [0.1, 0.15) is 18.4 Å². The highest BCUT2D eigenvalue weighted by molar-refractivity contribution is 7.92. The Bertz CT molecular complexity index is 1180. The molecular formula is C23H27Cl3FN3O4S. The summed E-state index contributed by atoms with van der Waals surface area (Å²) in [4.78, 5) is 27.7. The van der Waals surface area contributed by atoms with Crippen LogP contribution in [0.2, 0.25) is 15.1 Å². The van der Waals surface area contributed by atoms with Gasteiger partial charge >= 0.3 is 0 Å². The average molecular weight is 567 g/mol. The summed E-state index contributed by atoms with van der Waals surface area (Å²) in [7, 11) is -4.00. The Kier molecular flexibility index (Phi) is 10.2. The summed E-state index contributed by atoms with van der Waals surface area (Å²) in [5.41, 5.74) is 0.535. The van der Waals surface area contributed by atoms with E-state index < -0.39 is 40.2 Å². The normalized spacial score (nSPS) is 12.4. The summed E-state index contributed by atoms with van der Waals surface area (Å²) < 4.78 is 39.5. The fraction of sp³-hybridized carbons (Fsp3) is 0.391. The third-order valence-corrected chi connectivity index (χ3v) is 7.17. The predicted molar refractivity (Wildman–Crippen MR) is 138 cm³/mol. The molecule has 0 unspecified atom stereocenters. The summed E-state index contributed by atoms with van der Waals surface area (Å²) in [6.45, 7) is 4.61. The van der Waals surface area contributed by atoms with Crippen LogP contribution in [0.3, 0.4) is 0 Å². The van der Waals surface area contributed by atoms with E-state index in [9.17, 15) is 22.4 Å². The van der Waals surface area contributed by atoms with Crippen molar-refractivity contribution in [2.45, 2.75) is 45.8 Å². The zero-order valence-corrected chi connectivity index (χ0v) is 22.8. The minimum Gasteiger partial charge on any atom is -0.352 e. The first-order valence-electron chi connectivity index (χ1n) is 10.7.